The van der Waals surface area contributed by atoms with Crippen molar-refractivity contribution in [2.45, 2.75) is 311 Å². The second-order valence-electron chi connectivity index (χ2n) is 36.2. The zero-order valence-electron chi connectivity index (χ0n) is 56.7. The van der Waals surface area contributed by atoms with Gasteiger partial charge in [-0.1, -0.05) is 170 Å². The van der Waals surface area contributed by atoms with Crippen molar-refractivity contribution >= 4 is 0 Å². The van der Waals surface area contributed by atoms with E-state index in [9.17, 15) is 0 Å². The van der Waals surface area contributed by atoms with Gasteiger partial charge in [0, 0.05) is 5.48 Å². The zero-order chi connectivity index (χ0) is 56.7. The Morgan fingerprint density at radius 2 is 0.658 bits per heavy atom. The SMILES string of the molecule is CC(C)(C)C1C2CC3CC(C2)CC1C3.CC(C)(C)C1CC2CCC1CC2.CC(C)(C)CC1CC2CCC1C2.[2H]C([2H])(C1CC2CCC1C2)C(C)(C)C.[2H]C1(C(C)(C)C)CC2CCC1C2.[2H]C1(C(C)(C)C)CC2CCC1CC2. The molecule has 0 aromatic heterocycles. The fourth-order valence-corrected chi connectivity index (χ4v) is 21.3. The molecule has 16 rings (SSSR count). The van der Waals surface area contributed by atoms with Gasteiger partial charge in [-0.05, 0) is 292 Å². The van der Waals surface area contributed by atoms with Gasteiger partial charge in [-0.25, -0.2) is 0 Å². The Balaban J connectivity index is 0.000000122. The molecule has 0 nitrogen and oxygen atoms in total. The lowest BCUT2D eigenvalue weighted by molar-refractivity contribution is -0.0811. The Morgan fingerprint density at radius 3 is 0.932 bits per heavy atom. The van der Waals surface area contributed by atoms with Crippen LogP contribution in [0.5, 0.6) is 0 Å². The maximum atomic E-state index is 8.66. The van der Waals surface area contributed by atoms with Gasteiger partial charge in [-0.15, -0.1) is 0 Å². The molecule has 11 atom stereocenters. The highest BCUT2D eigenvalue weighted by Crippen LogP contribution is 2.61. The topological polar surface area (TPSA) is 0 Å². The van der Waals surface area contributed by atoms with E-state index in [1.165, 1.54) is 116 Å². The van der Waals surface area contributed by atoms with Gasteiger partial charge in [-0.2, -0.15) is 0 Å². The lowest BCUT2D eigenvalue weighted by Gasteiger charge is -2.58. The minimum absolute atomic E-state index is 0.101. The van der Waals surface area contributed by atoms with Crippen LogP contribution in [-0.2, 0) is 0 Å². The summed E-state index contributed by atoms with van der Waals surface area (Å²) in [6.45, 7) is 41.5. The lowest BCUT2D eigenvalue weighted by atomic mass is 9.47. The van der Waals surface area contributed by atoms with Crippen molar-refractivity contribution in [1.82, 2.24) is 0 Å². The van der Waals surface area contributed by atoms with Gasteiger partial charge >= 0.3 is 0 Å². The largest absolute Gasteiger partial charge is 0.0602 e. The molecule has 0 saturated heterocycles. The first-order chi connectivity index (χ1) is 35.3. The highest BCUT2D eigenvalue weighted by molar-refractivity contribution is 5.02. The average Bonchev–Trinajstić information content (AvgIpc) is 4.20. The summed E-state index contributed by atoms with van der Waals surface area (Å²) in [4.78, 5) is 0. The predicted molar refractivity (Wildman–Crippen MR) is 320 cm³/mol. The molecule has 0 amide bonds. The molecular formula is C73H132. The summed E-state index contributed by atoms with van der Waals surface area (Å²) in [6.07, 6.45) is 39.3. The van der Waals surface area contributed by atoms with E-state index in [0.717, 1.165) is 89.3 Å². The third-order valence-corrected chi connectivity index (χ3v) is 23.8. The molecule has 0 aliphatic heterocycles. The van der Waals surface area contributed by atoms with E-state index in [4.69, 9.17) is 5.48 Å². The molecule has 73 heavy (non-hydrogen) atoms. The molecular weight excluding hydrogens is 877 g/mol. The van der Waals surface area contributed by atoms with E-state index in [2.05, 4.69) is 104 Å². The number of rotatable bonds is 2. The van der Waals surface area contributed by atoms with E-state index >= 15 is 0 Å². The van der Waals surface area contributed by atoms with Crippen molar-refractivity contribution < 1.29 is 5.48 Å². The lowest BCUT2D eigenvalue weighted by Crippen LogP contribution is -2.49. The third kappa shape index (κ3) is 15.9. The highest BCUT2D eigenvalue weighted by atomic mass is 14.6. The standard InChI is InChI=1S/C14H24.4C12H22.C11H20/c1-14(2,3)13-11-5-9-4-10(7-11)8-12(13)6-9;2*1-12(2,3)11-8-9-4-6-10(11)7-5-9;2*1-12(2,3)8-11-7-9-4-5-10(11)6-9;1-11(2,3)10-7-8-4-5-9(10)6-8/h9-13H,4-8H2,1-3H3;4*9-11H,4-8H2,1-3H3;8-10H,4-7H2,1-3H3/i;11D;;8D2;;10D. The molecule has 0 N–H and O–H groups in total. The summed E-state index contributed by atoms with van der Waals surface area (Å²) in [5.41, 5.74) is 1.87. The molecule has 0 spiro atoms. The van der Waals surface area contributed by atoms with Crippen LogP contribution in [0.3, 0.4) is 0 Å². The first kappa shape index (κ1) is 53.6. The van der Waals surface area contributed by atoms with Crippen molar-refractivity contribution in [2.24, 2.45) is 151 Å². The van der Waals surface area contributed by atoms with Crippen LogP contribution in [-0.4, -0.2) is 0 Å². The maximum Gasteiger partial charge on any atom is 0.0311 e. The number of hydrogen-bond donors (Lipinski definition) is 0. The molecule has 16 aliphatic rings. The van der Waals surface area contributed by atoms with Gasteiger partial charge in [0.05, 0.1) is 0 Å². The maximum absolute atomic E-state index is 8.66. The van der Waals surface area contributed by atoms with Crippen LogP contribution in [0.4, 0.5) is 0 Å². The summed E-state index contributed by atoms with van der Waals surface area (Å²) < 4.78 is 33.8. The zero-order valence-corrected chi connectivity index (χ0v) is 52.7. The van der Waals surface area contributed by atoms with Crippen LogP contribution < -0.4 is 0 Å². The molecule has 424 valence electrons. The molecule has 14 bridgehead atoms. The van der Waals surface area contributed by atoms with Gasteiger partial charge in [-0.3, -0.25) is 0 Å². The summed E-state index contributed by atoms with van der Waals surface area (Å²) in [5.74, 6) is 16.9. The first-order valence-corrected chi connectivity index (χ1v) is 33.3. The molecule has 0 aromatic carbocycles. The van der Waals surface area contributed by atoms with Crippen LogP contribution in [0.1, 0.15) is 316 Å². The number of fused-ring (bicyclic) bond motifs is 12. The second-order valence-corrected chi connectivity index (χ2v) is 36.2. The van der Waals surface area contributed by atoms with Crippen molar-refractivity contribution in [3.63, 3.8) is 0 Å². The van der Waals surface area contributed by atoms with Crippen LogP contribution in [0.15, 0.2) is 0 Å². The van der Waals surface area contributed by atoms with E-state index in [0.29, 0.717) is 39.9 Å². The molecule has 0 radical (unpaired) electrons. The summed E-state index contributed by atoms with van der Waals surface area (Å²) >= 11 is 0. The van der Waals surface area contributed by atoms with Crippen molar-refractivity contribution in [2.75, 3.05) is 0 Å². The third-order valence-electron chi connectivity index (χ3n) is 23.8. The quantitative estimate of drug-likeness (QED) is 0.259. The Morgan fingerprint density at radius 1 is 0.288 bits per heavy atom. The molecule has 0 heteroatoms. The van der Waals surface area contributed by atoms with Crippen molar-refractivity contribution in [1.29, 1.82) is 0 Å². The first-order valence-electron chi connectivity index (χ1n) is 35.3. The van der Waals surface area contributed by atoms with Crippen LogP contribution in [0.25, 0.3) is 0 Å². The average molecular weight is 1010 g/mol. The minimum Gasteiger partial charge on any atom is -0.0602 e. The molecule has 11 unspecified atom stereocenters. The Bertz CT molecular complexity index is 1840. The smallest absolute Gasteiger partial charge is 0.0311 e. The minimum atomic E-state index is -0.979. The molecule has 16 saturated carbocycles. The van der Waals surface area contributed by atoms with Crippen molar-refractivity contribution in [3.05, 3.63) is 0 Å². The number of hydrogen-bond acceptors (Lipinski definition) is 0. The van der Waals surface area contributed by atoms with E-state index in [1.54, 1.807) is 57.8 Å². The van der Waals surface area contributed by atoms with Gasteiger partial charge in [0.2, 0.25) is 0 Å². The van der Waals surface area contributed by atoms with Crippen LogP contribution in [0, 0.1) is 151 Å². The second kappa shape index (κ2) is 23.2. The van der Waals surface area contributed by atoms with Crippen molar-refractivity contribution in [3.8, 4) is 0 Å². The van der Waals surface area contributed by atoms with Crippen LogP contribution in [0.2, 0.25) is 0 Å². The summed E-state index contributed by atoms with van der Waals surface area (Å²) in [5, 5.41) is 0. The van der Waals surface area contributed by atoms with E-state index in [-0.39, 0.29) is 28.0 Å². The monoisotopic (exact) mass is 1010 g/mol. The van der Waals surface area contributed by atoms with Gasteiger partial charge in [0.1, 0.15) is 0 Å². The normalized spacial score (nSPS) is 46.5. The van der Waals surface area contributed by atoms with E-state index in [1.807, 2.05) is 20.8 Å². The van der Waals surface area contributed by atoms with Gasteiger partial charge in [0.25, 0.3) is 0 Å². The van der Waals surface area contributed by atoms with Crippen LogP contribution >= 0.6 is 0 Å². The van der Waals surface area contributed by atoms with Gasteiger partial charge in [0.15, 0.2) is 0 Å². The fraction of sp³-hybridized carbons (Fsp3) is 1.00. The predicted octanol–water partition coefficient (Wildman–Crippen LogP) is 23.0. The highest BCUT2D eigenvalue weighted by Gasteiger charge is 2.52. The Hall–Kier alpha value is 0. The molecule has 16 fully saturated rings. The van der Waals surface area contributed by atoms with E-state index < -0.39 is 6.37 Å². The Kier molecular flexibility index (Phi) is 17.1. The Labute approximate surface area is 465 Å². The summed E-state index contributed by atoms with van der Waals surface area (Å²) in [6, 6.07) is 0. The summed E-state index contributed by atoms with van der Waals surface area (Å²) in [7, 11) is 0. The molecule has 0 heterocycles. The molecule has 0 aromatic rings. The molecule has 16 aliphatic carbocycles. The fourth-order valence-electron chi connectivity index (χ4n) is 21.3. The van der Waals surface area contributed by atoms with Gasteiger partial charge < -0.3 is 0 Å².